The van der Waals surface area contributed by atoms with Crippen LogP contribution in [-0.2, 0) is 6.54 Å². The van der Waals surface area contributed by atoms with Gasteiger partial charge in [-0.25, -0.2) is 0 Å². The first-order valence-corrected chi connectivity index (χ1v) is 9.06. The lowest BCUT2D eigenvalue weighted by atomic mass is 9.85. The van der Waals surface area contributed by atoms with Crippen LogP contribution in [0.5, 0.6) is 5.75 Å². The molecule has 2 rings (SSSR count). The number of nitrogens with one attached hydrogen (secondary N) is 1. The molecule has 0 heterocycles. The third-order valence-corrected chi connectivity index (χ3v) is 5.11. The summed E-state index contributed by atoms with van der Waals surface area (Å²) in [6.45, 7) is 7.50. The van der Waals surface area contributed by atoms with Crippen molar-refractivity contribution in [3.05, 3.63) is 28.2 Å². The molecule has 0 bridgehead atoms. The van der Waals surface area contributed by atoms with Gasteiger partial charge in [0.15, 0.2) is 0 Å². The minimum atomic E-state index is 0.399. The molecule has 0 aliphatic heterocycles. The number of benzene rings is 1. The van der Waals surface area contributed by atoms with Gasteiger partial charge >= 0.3 is 0 Å². The van der Waals surface area contributed by atoms with Gasteiger partial charge in [0.05, 0.1) is 6.10 Å². The predicted molar refractivity (Wildman–Crippen MR) is 92.8 cm³/mol. The van der Waals surface area contributed by atoms with Crippen LogP contribution in [0.2, 0.25) is 0 Å². The summed E-state index contributed by atoms with van der Waals surface area (Å²) in [7, 11) is 0. The van der Waals surface area contributed by atoms with Crippen LogP contribution >= 0.6 is 15.9 Å². The molecule has 0 spiro atoms. The summed E-state index contributed by atoms with van der Waals surface area (Å²) in [5.74, 6) is 1.86. The Labute approximate surface area is 137 Å². The van der Waals surface area contributed by atoms with Gasteiger partial charge in [0.1, 0.15) is 5.75 Å². The van der Waals surface area contributed by atoms with Crippen molar-refractivity contribution in [1.29, 1.82) is 0 Å². The monoisotopic (exact) mass is 353 g/mol. The van der Waals surface area contributed by atoms with E-state index in [-0.39, 0.29) is 0 Å². The molecule has 0 aromatic heterocycles. The summed E-state index contributed by atoms with van der Waals surface area (Å²) in [4.78, 5) is 0. The van der Waals surface area contributed by atoms with E-state index in [1.807, 2.05) is 0 Å². The van der Waals surface area contributed by atoms with Crippen LogP contribution in [0.15, 0.2) is 22.7 Å². The molecule has 2 unspecified atom stereocenters. The summed E-state index contributed by atoms with van der Waals surface area (Å²) >= 11 is 3.63. The van der Waals surface area contributed by atoms with Crippen molar-refractivity contribution in [3.8, 4) is 5.75 Å². The minimum Gasteiger partial charge on any atom is -0.490 e. The van der Waals surface area contributed by atoms with Gasteiger partial charge in [-0.3, -0.25) is 0 Å². The maximum Gasteiger partial charge on any atom is 0.120 e. The van der Waals surface area contributed by atoms with Gasteiger partial charge < -0.3 is 10.1 Å². The molecule has 0 amide bonds. The van der Waals surface area contributed by atoms with Crippen LogP contribution in [0.25, 0.3) is 0 Å². The zero-order valence-corrected chi connectivity index (χ0v) is 15.1. The summed E-state index contributed by atoms with van der Waals surface area (Å²) in [5.41, 5.74) is 1.27. The number of hydrogen-bond acceptors (Lipinski definition) is 2. The van der Waals surface area contributed by atoms with Crippen molar-refractivity contribution >= 4 is 15.9 Å². The molecule has 21 heavy (non-hydrogen) atoms. The van der Waals surface area contributed by atoms with Crippen molar-refractivity contribution in [1.82, 2.24) is 5.32 Å². The maximum atomic E-state index is 6.24. The van der Waals surface area contributed by atoms with Gasteiger partial charge in [-0.2, -0.15) is 0 Å². The average molecular weight is 354 g/mol. The van der Waals surface area contributed by atoms with Gasteiger partial charge in [0, 0.05) is 17.1 Å². The van der Waals surface area contributed by atoms with E-state index in [9.17, 15) is 0 Å². The highest BCUT2D eigenvalue weighted by atomic mass is 79.9. The summed E-state index contributed by atoms with van der Waals surface area (Å²) < 4.78 is 7.39. The van der Waals surface area contributed by atoms with Gasteiger partial charge in [-0.1, -0.05) is 49.5 Å². The standard InChI is InChI=1S/C18H28BrNO/c1-4-14-6-5-7-16(10-14)21-17-8-9-18(19)15(11-17)12-20-13(2)3/h8-9,11,13-14,16,20H,4-7,10,12H2,1-3H3. The Morgan fingerprint density at radius 1 is 1.33 bits per heavy atom. The molecule has 1 aromatic rings. The minimum absolute atomic E-state index is 0.399. The third kappa shape index (κ3) is 5.30. The third-order valence-electron chi connectivity index (χ3n) is 4.33. The van der Waals surface area contributed by atoms with E-state index in [2.05, 4.69) is 60.2 Å². The molecule has 1 fully saturated rings. The predicted octanol–water partition coefficient (Wildman–Crippen LogP) is 5.29. The van der Waals surface area contributed by atoms with Gasteiger partial charge in [-0.05, 0) is 48.9 Å². The molecule has 1 aliphatic rings. The molecule has 3 heteroatoms. The number of hydrogen-bond donors (Lipinski definition) is 1. The van der Waals surface area contributed by atoms with Crippen LogP contribution in [0.4, 0.5) is 0 Å². The normalized spacial score (nSPS) is 22.5. The van der Waals surface area contributed by atoms with Crippen molar-refractivity contribution in [2.75, 3.05) is 0 Å². The van der Waals surface area contributed by atoms with Gasteiger partial charge in [0.25, 0.3) is 0 Å². The SMILES string of the molecule is CCC1CCCC(Oc2ccc(Br)c(CNC(C)C)c2)C1. The van der Waals surface area contributed by atoms with E-state index in [1.54, 1.807) is 0 Å². The highest BCUT2D eigenvalue weighted by Gasteiger charge is 2.22. The van der Waals surface area contributed by atoms with E-state index < -0.39 is 0 Å². The van der Waals surface area contributed by atoms with E-state index in [0.29, 0.717) is 12.1 Å². The Morgan fingerprint density at radius 2 is 2.14 bits per heavy atom. The zero-order chi connectivity index (χ0) is 15.2. The second-order valence-corrected chi connectivity index (χ2v) is 7.32. The molecule has 2 atom stereocenters. The second kappa shape index (κ2) is 8.19. The topological polar surface area (TPSA) is 21.3 Å². The molecule has 2 nitrogen and oxygen atoms in total. The summed E-state index contributed by atoms with van der Waals surface area (Å²) in [6, 6.07) is 6.85. The van der Waals surface area contributed by atoms with Crippen molar-refractivity contribution in [2.45, 2.75) is 71.6 Å². The Hall–Kier alpha value is -0.540. The lowest BCUT2D eigenvalue weighted by molar-refractivity contribution is 0.122. The Kier molecular flexibility index (Phi) is 6.56. The van der Waals surface area contributed by atoms with Crippen molar-refractivity contribution in [2.24, 2.45) is 5.92 Å². The largest absolute Gasteiger partial charge is 0.490 e. The molecule has 1 N–H and O–H groups in total. The fourth-order valence-corrected chi connectivity index (χ4v) is 3.37. The van der Waals surface area contributed by atoms with Crippen molar-refractivity contribution < 1.29 is 4.74 Å². The fraction of sp³-hybridized carbons (Fsp3) is 0.667. The van der Waals surface area contributed by atoms with Crippen LogP contribution in [0.1, 0.15) is 58.4 Å². The van der Waals surface area contributed by atoms with Crippen LogP contribution in [0, 0.1) is 5.92 Å². The van der Waals surface area contributed by atoms with Crippen LogP contribution in [-0.4, -0.2) is 12.1 Å². The molecule has 118 valence electrons. The molecular weight excluding hydrogens is 326 g/mol. The van der Waals surface area contributed by atoms with Crippen LogP contribution < -0.4 is 10.1 Å². The maximum absolute atomic E-state index is 6.24. The summed E-state index contributed by atoms with van der Waals surface area (Å²) in [6.07, 6.45) is 6.78. The summed E-state index contributed by atoms with van der Waals surface area (Å²) in [5, 5.41) is 3.46. The molecule has 1 aromatic carbocycles. The van der Waals surface area contributed by atoms with Gasteiger partial charge in [0.2, 0.25) is 0 Å². The lowest BCUT2D eigenvalue weighted by Crippen LogP contribution is -2.25. The quantitative estimate of drug-likeness (QED) is 0.749. The Morgan fingerprint density at radius 3 is 2.86 bits per heavy atom. The molecule has 0 radical (unpaired) electrons. The first-order chi connectivity index (χ1) is 10.1. The number of halogens is 1. The van der Waals surface area contributed by atoms with E-state index in [1.165, 1.54) is 37.7 Å². The smallest absolute Gasteiger partial charge is 0.120 e. The zero-order valence-electron chi connectivity index (χ0n) is 13.5. The highest BCUT2D eigenvalue weighted by Crippen LogP contribution is 2.31. The van der Waals surface area contributed by atoms with Crippen LogP contribution in [0.3, 0.4) is 0 Å². The average Bonchev–Trinajstić information content (AvgIpc) is 2.48. The highest BCUT2D eigenvalue weighted by molar-refractivity contribution is 9.10. The van der Waals surface area contributed by atoms with E-state index >= 15 is 0 Å². The number of ether oxygens (including phenoxy) is 1. The Bertz CT molecular complexity index is 447. The molecule has 1 saturated carbocycles. The lowest BCUT2D eigenvalue weighted by Gasteiger charge is -2.29. The molecule has 0 saturated heterocycles. The second-order valence-electron chi connectivity index (χ2n) is 6.47. The van der Waals surface area contributed by atoms with Gasteiger partial charge in [-0.15, -0.1) is 0 Å². The number of rotatable bonds is 6. The molecule has 1 aliphatic carbocycles. The Balaban J connectivity index is 1.98. The van der Waals surface area contributed by atoms with E-state index in [4.69, 9.17) is 4.74 Å². The fourth-order valence-electron chi connectivity index (χ4n) is 2.99. The van der Waals surface area contributed by atoms with E-state index in [0.717, 1.165) is 22.7 Å². The first-order valence-electron chi connectivity index (χ1n) is 8.27. The molecular formula is C18H28BrNO. The van der Waals surface area contributed by atoms with Crippen molar-refractivity contribution in [3.63, 3.8) is 0 Å². The first kappa shape index (κ1) is 16.8.